The number of rotatable bonds is 10. The maximum Gasteiger partial charge on any atom is 0.329 e. The molecular weight excluding hydrogens is 514 g/mol. The van der Waals surface area contributed by atoms with Crippen molar-refractivity contribution in [3.8, 4) is 0 Å². The van der Waals surface area contributed by atoms with Crippen molar-refractivity contribution in [3.63, 3.8) is 0 Å². The van der Waals surface area contributed by atoms with Gasteiger partial charge in [-0.2, -0.15) is 0 Å². The van der Waals surface area contributed by atoms with Crippen LogP contribution in [-0.4, -0.2) is 54.6 Å². The molecule has 4 unspecified atom stereocenters. The highest BCUT2D eigenvalue weighted by Crippen LogP contribution is 2.54. The molecule has 0 saturated carbocycles. The summed E-state index contributed by atoms with van der Waals surface area (Å²) in [5, 5.41) is 1.45. The van der Waals surface area contributed by atoms with Crippen LogP contribution < -0.4 is 5.32 Å². The first-order valence-electron chi connectivity index (χ1n) is 11.9. The SMILES string of the molecule is CCC(C)C(NC(=O)c1ccc(C2SC(C(=O)OC)C(C(=O)OC)S2)cc1)C(=O)OCc1ccccc1. The van der Waals surface area contributed by atoms with Crippen LogP contribution in [0.15, 0.2) is 54.6 Å². The minimum atomic E-state index is -0.788. The van der Waals surface area contributed by atoms with Gasteiger partial charge in [0.2, 0.25) is 0 Å². The Labute approximate surface area is 225 Å². The number of methoxy groups -OCH3 is 2. The molecule has 1 saturated heterocycles. The molecule has 10 heteroatoms. The first-order valence-corrected chi connectivity index (χ1v) is 13.8. The van der Waals surface area contributed by atoms with Crippen molar-refractivity contribution in [2.45, 2.75) is 48.0 Å². The second kappa shape index (κ2) is 13.5. The van der Waals surface area contributed by atoms with Crippen LogP contribution in [-0.2, 0) is 35.2 Å². The topological polar surface area (TPSA) is 108 Å². The van der Waals surface area contributed by atoms with Gasteiger partial charge in [-0.1, -0.05) is 62.7 Å². The molecule has 37 heavy (non-hydrogen) atoms. The average molecular weight is 546 g/mol. The van der Waals surface area contributed by atoms with Gasteiger partial charge in [0.05, 0.1) is 18.8 Å². The molecule has 1 fully saturated rings. The largest absolute Gasteiger partial charge is 0.468 e. The van der Waals surface area contributed by atoms with E-state index in [1.807, 2.05) is 44.2 Å². The van der Waals surface area contributed by atoms with Crippen molar-refractivity contribution in [3.05, 3.63) is 71.3 Å². The fraction of sp³-hybridized carbons (Fsp3) is 0.407. The van der Waals surface area contributed by atoms with E-state index in [1.54, 1.807) is 24.3 Å². The zero-order valence-electron chi connectivity index (χ0n) is 21.2. The monoisotopic (exact) mass is 545 g/mol. The molecule has 3 rings (SSSR count). The van der Waals surface area contributed by atoms with E-state index >= 15 is 0 Å². The minimum absolute atomic E-state index is 0.122. The quantitative estimate of drug-likeness (QED) is 0.348. The Morgan fingerprint density at radius 3 is 1.97 bits per heavy atom. The van der Waals surface area contributed by atoms with Crippen molar-refractivity contribution in [2.75, 3.05) is 14.2 Å². The Morgan fingerprint density at radius 2 is 1.46 bits per heavy atom. The first kappa shape index (κ1) is 28.6. The highest BCUT2D eigenvalue weighted by atomic mass is 32.2. The molecule has 2 aromatic carbocycles. The van der Waals surface area contributed by atoms with Gasteiger partial charge in [0.15, 0.2) is 0 Å². The fourth-order valence-electron chi connectivity index (χ4n) is 3.69. The second-order valence-electron chi connectivity index (χ2n) is 8.54. The van der Waals surface area contributed by atoms with Crippen LogP contribution in [0.4, 0.5) is 0 Å². The molecule has 0 aromatic heterocycles. The van der Waals surface area contributed by atoms with E-state index in [2.05, 4.69) is 5.32 Å². The lowest BCUT2D eigenvalue weighted by Gasteiger charge is -2.23. The molecule has 198 valence electrons. The lowest BCUT2D eigenvalue weighted by molar-refractivity contribution is -0.148. The summed E-state index contributed by atoms with van der Waals surface area (Å²) in [7, 11) is 2.57. The highest BCUT2D eigenvalue weighted by Gasteiger charge is 2.46. The van der Waals surface area contributed by atoms with Crippen LogP contribution in [0.5, 0.6) is 0 Å². The number of ether oxygens (including phenoxy) is 3. The first-order chi connectivity index (χ1) is 17.8. The van der Waals surface area contributed by atoms with Crippen LogP contribution in [0, 0.1) is 5.92 Å². The molecule has 0 spiro atoms. The number of carbonyl (C=O) groups is 4. The fourth-order valence-corrected chi connectivity index (χ4v) is 7.14. The Hall–Kier alpha value is -2.98. The van der Waals surface area contributed by atoms with Crippen LogP contribution in [0.1, 0.15) is 46.3 Å². The van der Waals surface area contributed by atoms with Gasteiger partial charge in [0.25, 0.3) is 5.91 Å². The third-order valence-electron chi connectivity index (χ3n) is 6.10. The van der Waals surface area contributed by atoms with Gasteiger partial charge in [0, 0.05) is 5.56 Å². The summed E-state index contributed by atoms with van der Waals surface area (Å²) in [4.78, 5) is 50.2. The Morgan fingerprint density at radius 1 is 0.892 bits per heavy atom. The maximum absolute atomic E-state index is 13.0. The Balaban J connectivity index is 1.67. The van der Waals surface area contributed by atoms with Crippen molar-refractivity contribution >= 4 is 47.3 Å². The van der Waals surface area contributed by atoms with Crippen LogP contribution in [0.3, 0.4) is 0 Å². The van der Waals surface area contributed by atoms with Crippen molar-refractivity contribution in [2.24, 2.45) is 5.92 Å². The van der Waals surface area contributed by atoms with Crippen molar-refractivity contribution in [1.29, 1.82) is 0 Å². The van der Waals surface area contributed by atoms with Gasteiger partial charge in [-0.3, -0.25) is 14.4 Å². The van der Waals surface area contributed by atoms with Gasteiger partial charge in [0.1, 0.15) is 23.1 Å². The third-order valence-corrected chi connectivity index (χ3v) is 9.50. The number of amides is 1. The summed E-state index contributed by atoms with van der Waals surface area (Å²) in [6, 6.07) is 15.4. The Bertz CT molecular complexity index is 1070. The van der Waals surface area contributed by atoms with Crippen LogP contribution in [0.25, 0.3) is 0 Å². The van der Waals surface area contributed by atoms with E-state index in [0.29, 0.717) is 12.0 Å². The smallest absolute Gasteiger partial charge is 0.329 e. The number of esters is 3. The van der Waals surface area contributed by atoms with E-state index in [1.165, 1.54) is 37.7 Å². The molecule has 1 N–H and O–H groups in total. The average Bonchev–Trinajstić information content (AvgIpc) is 3.39. The van der Waals surface area contributed by atoms with E-state index in [-0.39, 0.29) is 23.0 Å². The zero-order chi connectivity index (χ0) is 26.9. The predicted molar refractivity (Wildman–Crippen MR) is 143 cm³/mol. The lowest BCUT2D eigenvalue weighted by atomic mass is 9.98. The zero-order valence-corrected chi connectivity index (χ0v) is 22.8. The molecular formula is C27H31NO7S2. The van der Waals surface area contributed by atoms with Gasteiger partial charge in [-0.25, -0.2) is 4.79 Å². The van der Waals surface area contributed by atoms with Crippen molar-refractivity contribution < 1.29 is 33.4 Å². The molecule has 8 nitrogen and oxygen atoms in total. The molecule has 4 atom stereocenters. The number of thioether (sulfide) groups is 2. The number of hydrogen-bond acceptors (Lipinski definition) is 9. The highest BCUT2D eigenvalue weighted by molar-refractivity contribution is 8.21. The predicted octanol–water partition coefficient (Wildman–Crippen LogP) is 4.14. The standard InChI is InChI=1S/C27H31NO7S2/c1-5-16(2)20(24(30)35-15-17-9-7-6-8-10-17)28-23(29)18-11-13-19(14-12-18)27-36-21(25(31)33-3)22(37-27)26(32)34-4/h6-14,16,20-22,27H,5,15H2,1-4H3,(H,28,29). The van der Waals surface area contributed by atoms with Gasteiger partial charge < -0.3 is 19.5 Å². The minimum Gasteiger partial charge on any atom is -0.468 e. The van der Waals surface area contributed by atoms with Crippen LogP contribution in [0.2, 0.25) is 0 Å². The van der Waals surface area contributed by atoms with Gasteiger partial charge in [-0.05, 0) is 29.2 Å². The molecule has 1 amide bonds. The number of benzene rings is 2. The summed E-state index contributed by atoms with van der Waals surface area (Å²) in [6.07, 6.45) is 0.684. The van der Waals surface area contributed by atoms with E-state index in [4.69, 9.17) is 14.2 Å². The summed E-state index contributed by atoms with van der Waals surface area (Å²) >= 11 is 2.63. The second-order valence-corrected chi connectivity index (χ2v) is 11.3. The molecule has 1 aliphatic heterocycles. The lowest BCUT2D eigenvalue weighted by Crippen LogP contribution is -2.45. The van der Waals surface area contributed by atoms with E-state index in [9.17, 15) is 19.2 Å². The molecule has 1 aliphatic rings. The van der Waals surface area contributed by atoms with E-state index in [0.717, 1.165) is 11.1 Å². The maximum atomic E-state index is 13.0. The number of carbonyl (C=O) groups excluding carboxylic acids is 4. The molecule has 0 aliphatic carbocycles. The van der Waals surface area contributed by atoms with Gasteiger partial charge >= 0.3 is 17.9 Å². The van der Waals surface area contributed by atoms with Crippen LogP contribution >= 0.6 is 23.5 Å². The molecule has 0 radical (unpaired) electrons. The van der Waals surface area contributed by atoms with Crippen molar-refractivity contribution in [1.82, 2.24) is 5.32 Å². The normalized spacial score (nSPS) is 20.4. The number of hydrogen-bond donors (Lipinski definition) is 1. The van der Waals surface area contributed by atoms with E-state index < -0.39 is 34.4 Å². The summed E-state index contributed by atoms with van der Waals surface area (Å²) < 4.78 is 15.0. The number of nitrogens with one attached hydrogen (secondary N) is 1. The summed E-state index contributed by atoms with van der Waals surface area (Å²) in [5.41, 5.74) is 2.09. The Kier molecular flexibility index (Phi) is 10.5. The molecule has 1 heterocycles. The van der Waals surface area contributed by atoms with Gasteiger partial charge in [-0.15, -0.1) is 23.5 Å². The summed E-state index contributed by atoms with van der Waals surface area (Å²) in [6.45, 7) is 3.97. The molecule has 0 bridgehead atoms. The molecule has 2 aromatic rings. The summed E-state index contributed by atoms with van der Waals surface area (Å²) in [5.74, 6) is -1.96. The third kappa shape index (κ3) is 7.29.